The quantitative estimate of drug-likeness (QED) is 0.296. The first-order chi connectivity index (χ1) is 19.9. The molecule has 41 heavy (non-hydrogen) atoms. The number of nitrogens with one attached hydrogen (secondary N) is 2. The fourth-order valence-corrected chi connectivity index (χ4v) is 6.20. The van der Waals surface area contributed by atoms with Gasteiger partial charge in [0.25, 0.3) is 11.8 Å². The standard InChI is InChI=1S/C32H25N5O4/c1-17-18-12-13-25(22(18)11-10-19(17)32(40)41)35-31(39)27-16-26(34-28-14-15-33-37(27)28)30(38)36-29-23-8-4-2-6-20(23)21-7-3-5-9-24(21)29/h2-11,14-16,25,29H,12-13H2,1H3,(H,35,39)(H,36,38)(H,40,41)/t25-/m0/s1. The Kier molecular flexibility index (Phi) is 5.67. The van der Waals surface area contributed by atoms with Crippen molar-refractivity contribution in [1.29, 1.82) is 0 Å². The molecule has 0 saturated heterocycles. The topological polar surface area (TPSA) is 126 Å². The minimum absolute atomic E-state index is 0.110. The van der Waals surface area contributed by atoms with Gasteiger partial charge in [-0.25, -0.2) is 14.3 Å². The Labute approximate surface area is 234 Å². The molecule has 9 nitrogen and oxygen atoms in total. The predicted octanol–water partition coefficient (Wildman–Crippen LogP) is 4.65. The van der Waals surface area contributed by atoms with Crippen molar-refractivity contribution in [2.24, 2.45) is 0 Å². The van der Waals surface area contributed by atoms with Crippen LogP contribution in [-0.2, 0) is 6.42 Å². The zero-order chi connectivity index (χ0) is 28.2. The van der Waals surface area contributed by atoms with Gasteiger partial charge in [0.2, 0.25) is 0 Å². The summed E-state index contributed by atoms with van der Waals surface area (Å²) in [5.74, 6) is -1.77. The Hall–Kier alpha value is -5.31. The third kappa shape index (κ3) is 3.97. The second kappa shape index (κ2) is 9.41. The lowest BCUT2D eigenvalue weighted by atomic mass is 9.98. The van der Waals surface area contributed by atoms with Crippen molar-refractivity contribution >= 4 is 23.4 Å². The van der Waals surface area contributed by atoms with Crippen molar-refractivity contribution in [2.45, 2.75) is 31.8 Å². The van der Waals surface area contributed by atoms with Crippen LogP contribution >= 0.6 is 0 Å². The average molecular weight is 544 g/mol. The highest BCUT2D eigenvalue weighted by Gasteiger charge is 2.31. The summed E-state index contributed by atoms with van der Waals surface area (Å²) in [4.78, 5) is 43.3. The zero-order valence-corrected chi connectivity index (χ0v) is 22.1. The first-order valence-electron chi connectivity index (χ1n) is 13.4. The van der Waals surface area contributed by atoms with Crippen LogP contribution in [0.2, 0.25) is 0 Å². The number of carbonyl (C=O) groups is 3. The van der Waals surface area contributed by atoms with Gasteiger partial charge in [0.15, 0.2) is 5.65 Å². The van der Waals surface area contributed by atoms with Crippen LogP contribution in [0.1, 0.15) is 77.7 Å². The third-order valence-electron chi connectivity index (χ3n) is 8.16. The van der Waals surface area contributed by atoms with Crippen LogP contribution in [0, 0.1) is 6.92 Å². The van der Waals surface area contributed by atoms with Gasteiger partial charge in [-0.3, -0.25) is 9.59 Å². The first kappa shape index (κ1) is 24.7. The number of aromatic carboxylic acids is 1. The molecular weight excluding hydrogens is 518 g/mol. The van der Waals surface area contributed by atoms with E-state index in [1.54, 1.807) is 25.1 Å². The van der Waals surface area contributed by atoms with Crippen LogP contribution in [0.3, 0.4) is 0 Å². The molecule has 3 N–H and O–H groups in total. The lowest BCUT2D eigenvalue weighted by Crippen LogP contribution is -2.32. The number of carboxylic acids is 1. The fraction of sp³-hybridized carbons (Fsp3) is 0.156. The highest BCUT2D eigenvalue weighted by Crippen LogP contribution is 2.43. The van der Waals surface area contributed by atoms with Crippen LogP contribution in [0.15, 0.2) is 79.0 Å². The molecule has 0 spiro atoms. The number of hydrogen-bond donors (Lipinski definition) is 3. The Bertz CT molecular complexity index is 1860. The fourth-order valence-electron chi connectivity index (χ4n) is 6.20. The second-order valence-electron chi connectivity index (χ2n) is 10.4. The molecule has 0 saturated carbocycles. The van der Waals surface area contributed by atoms with E-state index in [0.717, 1.165) is 38.9 Å². The molecule has 0 aliphatic heterocycles. The van der Waals surface area contributed by atoms with Gasteiger partial charge < -0.3 is 15.7 Å². The van der Waals surface area contributed by atoms with Crippen LogP contribution in [0.5, 0.6) is 0 Å². The zero-order valence-electron chi connectivity index (χ0n) is 22.1. The molecule has 3 aromatic carbocycles. The molecule has 1 atom stereocenters. The lowest BCUT2D eigenvalue weighted by molar-refractivity contribution is 0.0695. The van der Waals surface area contributed by atoms with Gasteiger partial charge in [-0.05, 0) is 64.8 Å². The summed E-state index contributed by atoms with van der Waals surface area (Å²) in [7, 11) is 0. The molecule has 2 aliphatic rings. The summed E-state index contributed by atoms with van der Waals surface area (Å²) in [5, 5.41) is 19.9. The Balaban J connectivity index is 1.19. The average Bonchev–Trinajstić information content (AvgIpc) is 3.70. The molecule has 2 heterocycles. The van der Waals surface area contributed by atoms with E-state index in [-0.39, 0.29) is 29.0 Å². The Morgan fingerprint density at radius 2 is 1.59 bits per heavy atom. The summed E-state index contributed by atoms with van der Waals surface area (Å²) in [6, 6.07) is 21.8. The van der Waals surface area contributed by atoms with Crippen molar-refractivity contribution in [3.05, 3.63) is 124 Å². The summed E-state index contributed by atoms with van der Waals surface area (Å²) in [6.07, 6.45) is 2.84. The van der Waals surface area contributed by atoms with E-state index < -0.39 is 17.8 Å². The van der Waals surface area contributed by atoms with Gasteiger partial charge in [0.1, 0.15) is 11.4 Å². The van der Waals surface area contributed by atoms with E-state index in [9.17, 15) is 19.5 Å². The molecule has 0 unspecified atom stereocenters. The van der Waals surface area contributed by atoms with Crippen molar-refractivity contribution < 1.29 is 19.5 Å². The largest absolute Gasteiger partial charge is 0.478 e. The molecule has 2 aliphatic carbocycles. The molecule has 5 aromatic rings. The molecule has 202 valence electrons. The van der Waals surface area contributed by atoms with Crippen LogP contribution in [0.25, 0.3) is 16.8 Å². The van der Waals surface area contributed by atoms with Gasteiger partial charge in [-0.15, -0.1) is 0 Å². The molecule has 7 rings (SSSR count). The highest BCUT2D eigenvalue weighted by molar-refractivity contribution is 5.99. The normalized spacial score (nSPS) is 15.3. The van der Waals surface area contributed by atoms with Crippen molar-refractivity contribution in [2.75, 3.05) is 0 Å². The lowest BCUT2D eigenvalue weighted by Gasteiger charge is -2.17. The highest BCUT2D eigenvalue weighted by atomic mass is 16.4. The number of hydrogen-bond acceptors (Lipinski definition) is 5. The molecule has 2 aromatic heterocycles. The van der Waals surface area contributed by atoms with Crippen LogP contribution < -0.4 is 10.6 Å². The number of benzene rings is 3. The van der Waals surface area contributed by atoms with Gasteiger partial charge in [0, 0.05) is 12.1 Å². The first-order valence-corrected chi connectivity index (χ1v) is 13.4. The van der Waals surface area contributed by atoms with Crippen molar-refractivity contribution in [3.8, 4) is 11.1 Å². The van der Waals surface area contributed by atoms with Crippen LogP contribution in [-0.4, -0.2) is 37.5 Å². The molecule has 9 heteroatoms. The number of aromatic nitrogens is 3. The maximum Gasteiger partial charge on any atom is 0.335 e. The maximum atomic E-state index is 13.6. The summed E-state index contributed by atoms with van der Waals surface area (Å²) >= 11 is 0. The summed E-state index contributed by atoms with van der Waals surface area (Å²) in [5.41, 5.74) is 7.69. The molecule has 2 amide bonds. The smallest absolute Gasteiger partial charge is 0.335 e. The van der Waals surface area contributed by atoms with E-state index in [4.69, 9.17) is 0 Å². The van der Waals surface area contributed by atoms with Crippen LogP contribution in [0.4, 0.5) is 0 Å². The number of fused-ring (bicyclic) bond motifs is 5. The van der Waals surface area contributed by atoms with E-state index in [1.807, 2.05) is 48.5 Å². The van der Waals surface area contributed by atoms with Gasteiger partial charge in [-0.1, -0.05) is 54.6 Å². The van der Waals surface area contributed by atoms with Crippen molar-refractivity contribution in [3.63, 3.8) is 0 Å². The van der Waals surface area contributed by atoms with Gasteiger partial charge >= 0.3 is 5.97 Å². The number of nitrogens with zero attached hydrogens (tertiary/aromatic N) is 3. The maximum absolute atomic E-state index is 13.6. The Morgan fingerprint density at radius 3 is 2.29 bits per heavy atom. The predicted molar refractivity (Wildman–Crippen MR) is 151 cm³/mol. The number of carboxylic acid groups (broad SMARTS) is 1. The summed E-state index contributed by atoms with van der Waals surface area (Å²) < 4.78 is 1.42. The van der Waals surface area contributed by atoms with E-state index >= 15 is 0 Å². The third-order valence-corrected chi connectivity index (χ3v) is 8.16. The molecule has 0 fully saturated rings. The SMILES string of the molecule is Cc1c(C(=O)O)ccc2c1CC[C@@H]2NC(=O)c1cc(C(=O)NC2c3ccccc3-c3ccccc32)nc2ccnn12. The number of carbonyl (C=O) groups excluding carboxylic acids is 2. The summed E-state index contributed by atoms with van der Waals surface area (Å²) in [6.45, 7) is 1.80. The van der Waals surface area contributed by atoms with E-state index in [2.05, 4.69) is 20.7 Å². The minimum atomic E-state index is -0.967. The minimum Gasteiger partial charge on any atom is -0.478 e. The number of amides is 2. The molecule has 0 bridgehead atoms. The van der Waals surface area contributed by atoms with E-state index in [1.165, 1.54) is 16.8 Å². The molecule has 0 radical (unpaired) electrons. The van der Waals surface area contributed by atoms with Crippen molar-refractivity contribution in [1.82, 2.24) is 25.2 Å². The van der Waals surface area contributed by atoms with Gasteiger partial charge in [-0.2, -0.15) is 5.10 Å². The monoisotopic (exact) mass is 543 g/mol. The van der Waals surface area contributed by atoms with E-state index in [0.29, 0.717) is 18.5 Å². The van der Waals surface area contributed by atoms with Gasteiger partial charge in [0.05, 0.1) is 23.8 Å². The number of rotatable bonds is 5. The Morgan fingerprint density at radius 1 is 0.878 bits per heavy atom. The second-order valence-corrected chi connectivity index (χ2v) is 10.4. The molecular formula is C32H25N5O4.